The molecule has 1 aromatic carbocycles. The van der Waals surface area contributed by atoms with E-state index in [4.69, 9.17) is 4.74 Å². The average Bonchev–Trinajstić information content (AvgIpc) is 3.56. The second-order valence-corrected chi connectivity index (χ2v) is 14.1. The summed E-state index contributed by atoms with van der Waals surface area (Å²) in [7, 11) is 3.55. The van der Waals surface area contributed by atoms with Gasteiger partial charge < -0.3 is 14.4 Å². The van der Waals surface area contributed by atoms with E-state index in [-0.39, 0.29) is 41.4 Å². The Morgan fingerprint density at radius 1 is 1.02 bits per heavy atom. The molecular weight excluding hydrogens is 673 g/mol. The molecule has 0 spiro atoms. The van der Waals surface area contributed by atoms with Crippen molar-refractivity contribution in [2.24, 2.45) is 17.8 Å². The average molecular weight is 718 g/mol. The molecular formula is C34H44F5N3O6S. The molecule has 272 valence electrons. The molecule has 2 aromatic rings. The maximum absolute atomic E-state index is 14.2. The fourth-order valence-corrected chi connectivity index (χ4v) is 6.94. The number of esters is 2. The van der Waals surface area contributed by atoms with E-state index in [1.807, 2.05) is 41.7 Å². The third-order valence-electron chi connectivity index (χ3n) is 9.65. The summed E-state index contributed by atoms with van der Waals surface area (Å²) in [5, 5.41) is 1.18. The van der Waals surface area contributed by atoms with Crippen LogP contribution in [0.4, 0.5) is 22.0 Å². The molecule has 2 heterocycles. The molecule has 0 bridgehead atoms. The smallest absolute Gasteiger partial charge is 0.363 e. The molecule has 1 amide bonds. The Morgan fingerprint density at radius 2 is 1.61 bits per heavy atom. The van der Waals surface area contributed by atoms with Crippen molar-refractivity contribution < 1.29 is 50.6 Å². The van der Waals surface area contributed by atoms with Gasteiger partial charge in [-0.3, -0.25) is 19.3 Å². The van der Waals surface area contributed by atoms with E-state index in [0.29, 0.717) is 12.8 Å². The number of ether oxygens (including phenoxy) is 2. The van der Waals surface area contributed by atoms with Crippen LogP contribution in [-0.4, -0.2) is 70.6 Å². The third kappa shape index (κ3) is 8.83. The van der Waals surface area contributed by atoms with Gasteiger partial charge in [0, 0.05) is 44.2 Å². The van der Waals surface area contributed by atoms with Crippen LogP contribution in [0, 0.1) is 46.8 Å². The number of rotatable bonds is 14. The van der Waals surface area contributed by atoms with Crippen LogP contribution < -0.4 is 4.74 Å². The molecule has 0 N–H and O–H groups in total. The SMILES string of the molecule is CC[C@H](C)[C@H](CC(=O)[C@]1(C)CCCCN1C)C(=O)N(C)[C@H](C[C@@H](OC(C)=O)c1nc(C(=O)Oc2c(F)c(F)c(F)c(F)c2F)cs1)C(C)C. The van der Waals surface area contributed by atoms with Crippen molar-refractivity contribution in [1.82, 2.24) is 14.8 Å². The Kier molecular flexibility index (Phi) is 13.5. The molecule has 1 aromatic heterocycles. The number of hydrogen-bond donors (Lipinski definition) is 0. The molecule has 5 atom stereocenters. The second-order valence-electron chi connectivity index (χ2n) is 13.2. The lowest BCUT2D eigenvalue weighted by molar-refractivity contribution is -0.150. The molecule has 0 aliphatic carbocycles. The zero-order valence-electron chi connectivity index (χ0n) is 29.0. The van der Waals surface area contributed by atoms with Crippen molar-refractivity contribution >= 4 is 35.0 Å². The largest absolute Gasteiger partial charge is 0.455 e. The maximum atomic E-state index is 14.2. The minimum atomic E-state index is -2.41. The van der Waals surface area contributed by atoms with Crippen LogP contribution in [0.2, 0.25) is 0 Å². The number of halogens is 5. The molecule has 3 rings (SSSR count). The topological polar surface area (TPSA) is 106 Å². The second kappa shape index (κ2) is 16.5. The maximum Gasteiger partial charge on any atom is 0.363 e. The van der Waals surface area contributed by atoms with Crippen LogP contribution in [0.1, 0.15) is 102 Å². The van der Waals surface area contributed by atoms with Gasteiger partial charge in [-0.25, -0.2) is 22.9 Å². The molecule has 49 heavy (non-hydrogen) atoms. The van der Waals surface area contributed by atoms with Crippen molar-refractivity contribution in [1.29, 1.82) is 0 Å². The van der Waals surface area contributed by atoms with E-state index in [1.165, 1.54) is 0 Å². The van der Waals surface area contributed by atoms with Crippen LogP contribution in [-0.2, 0) is 19.1 Å². The summed E-state index contributed by atoms with van der Waals surface area (Å²) in [6, 6.07) is -0.542. The first-order valence-electron chi connectivity index (χ1n) is 16.2. The Morgan fingerprint density at radius 3 is 2.14 bits per heavy atom. The zero-order chi connectivity index (χ0) is 37.0. The zero-order valence-corrected chi connectivity index (χ0v) is 29.8. The van der Waals surface area contributed by atoms with Crippen LogP contribution in [0.15, 0.2) is 5.38 Å². The number of aromatic nitrogens is 1. The van der Waals surface area contributed by atoms with Crippen LogP contribution in [0.25, 0.3) is 0 Å². The number of likely N-dealkylation sites (N-methyl/N-ethyl adjacent to an activating group) is 1. The van der Waals surface area contributed by atoms with Gasteiger partial charge in [-0.2, -0.15) is 8.78 Å². The van der Waals surface area contributed by atoms with E-state index < -0.39 is 76.1 Å². The van der Waals surface area contributed by atoms with E-state index >= 15 is 0 Å². The van der Waals surface area contributed by atoms with Crippen LogP contribution in [0.5, 0.6) is 5.75 Å². The lowest BCUT2D eigenvalue weighted by Gasteiger charge is -2.43. The van der Waals surface area contributed by atoms with Gasteiger partial charge >= 0.3 is 11.9 Å². The highest BCUT2D eigenvalue weighted by atomic mass is 32.1. The number of thiazole rings is 1. The van der Waals surface area contributed by atoms with Crippen LogP contribution >= 0.6 is 11.3 Å². The first kappa shape index (κ1) is 40.0. The van der Waals surface area contributed by atoms with Crippen LogP contribution in [0.3, 0.4) is 0 Å². The number of benzene rings is 1. The first-order chi connectivity index (χ1) is 22.8. The molecule has 0 radical (unpaired) electrons. The minimum Gasteiger partial charge on any atom is -0.455 e. The lowest BCUT2D eigenvalue weighted by Crippen LogP contribution is -2.54. The highest BCUT2D eigenvalue weighted by Gasteiger charge is 2.43. The summed E-state index contributed by atoms with van der Waals surface area (Å²) in [5.74, 6) is -16.8. The Labute approximate surface area is 287 Å². The predicted octanol–water partition coefficient (Wildman–Crippen LogP) is 7.03. The van der Waals surface area contributed by atoms with E-state index in [0.717, 1.165) is 43.0 Å². The van der Waals surface area contributed by atoms with Gasteiger partial charge in [-0.05, 0) is 51.6 Å². The fraction of sp³-hybridized carbons (Fsp3) is 0.618. The van der Waals surface area contributed by atoms with Crippen molar-refractivity contribution in [3.8, 4) is 5.75 Å². The Balaban J connectivity index is 1.87. The predicted molar refractivity (Wildman–Crippen MR) is 171 cm³/mol. The van der Waals surface area contributed by atoms with Crippen molar-refractivity contribution in [3.05, 3.63) is 45.2 Å². The molecule has 9 nitrogen and oxygen atoms in total. The standard InChI is InChI=1S/C34H44F5N3O6S/c1-9-18(4)20(14-24(44)34(6)12-10-11-13-41(34)7)32(45)42(8)22(17(2)3)15-23(47-19(5)43)31-40-21(16-49-31)33(46)48-30-28(38)26(36)25(35)27(37)29(30)39/h16-18,20,22-23H,9-15H2,1-8H3/t18-,20-,22+,23+,34-/m0/s1. The molecule has 1 aliphatic heterocycles. The quantitative estimate of drug-likeness (QED) is 0.0675. The summed E-state index contributed by atoms with van der Waals surface area (Å²) >= 11 is 0.831. The summed E-state index contributed by atoms with van der Waals surface area (Å²) in [6.07, 6.45) is 2.30. The number of nitrogens with zero attached hydrogens (tertiary/aromatic N) is 3. The van der Waals surface area contributed by atoms with Gasteiger partial charge in [0.2, 0.25) is 40.7 Å². The fourth-order valence-electron chi connectivity index (χ4n) is 6.11. The third-order valence-corrected chi connectivity index (χ3v) is 10.6. The summed E-state index contributed by atoms with van der Waals surface area (Å²) in [6.45, 7) is 11.5. The monoisotopic (exact) mass is 717 g/mol. The van der Waals surface area contributed by atoms with Crippen molar-refractivity contribution in [3.63, 3.8) is 0 Å². The number of carbonyl (C=O) groups is 4. The Hall–Kier alpha value is -3.46. The van der Waals surface area contributed by atoms with Crippen molar-refractivity contribution in [2.75, 3.05) is 20.6 Å². The number of ketones is 1. The number of hydrogen-bond acceptors (Lipinski definition) is 9. The number of piperidine rings is 1. The number of amides is 1. The number of likely N-dealkylation sites (tertiary alicyclic amines) is 1. The van der Waals surface area contributed by atoms with Gasteiger partial charge in [0.15, 0.2) is 17.6 Å². The molecule has 1 aliphatic rings. The highest BCUT2D eigenvalue weighted by Crippen LogP contribution is 2.35. The number of Topliss-reactive ketones (excluding diaryl/α,β-unsaturated/α-hetero) is 1. The minimum absolute atomic E-state index is 0.00807. The van der Waals surface area contributed by atoms with E-state index in [1.54, 1.807) is 11.9 Å². The summed E-state index contributed by atoms with van der Waals surface area (Å²) in [4.78, 5) is 60.4. The van der Waals surface area contributed by atoms with Crippen molar-refractivity contribution in [2.45, 2.75) is 97.8 Å². The van der Waals surface area contributed by atoms with Gasteiger partial charge in [0.05, 0.1) is 5.54 Å². The van der Waals surface area contributed by atoms with E-state index in [2.05, 4.69) is 14.6 Å². The molecule has 1 saturated heterocycles. The normalized spacial score (nSPS) is 19.2. The van der Waals surface area contributed by atoms with Gasteiger partial charge in [0.25, 0.3) is 0 Å². The molecule has 15 heteroatoms. The van der Waals surface area contributed by atoms with Gasteiger partial charge in [-0.15, -0.1) is 11.3 Å². The molecule has 1 fully saturated rings. The first-order valence-corrected chi connectivity index (χ1v) is 17.1. The van der Waals surface area contributed by atoms with Gasteiger partial charge in [0.1, 0.15) is 5.01 Å². The number of carbonyl (C=O) groups excluding carboxylic acids is 4. The molecule has 0 saturated carbocycles. The van der Waals surface area contributed by atoms with E-state index in [9.17, 15) is 41.1 Å². The highest BCUT2D eigenvalue weighted by molar-refractivity contribution is 7.09. The molecule has 0 unspecified atom stereocenters. The summed E-state index contributed by atoms with van der Waals surface area (Å²) < 4.78 is 79.0. The van der Waals surface area contributed by atoms with Gasteiger partial charge in [-0.1, -0.05) is 34.1 Å². The summed E-state index contributed by atoms with van der Waals surface area (Å²) in [5.41, 5.74) is -1.20. The Bertz CT molecular complexity index is 1530. The lowest BCUT2D eigenvalue weighted by atomic mass is 9.77.